The summed E-state index contributed by atoms with van der Waals surface area (Å²) in [5.74, 6) is -1.13. The fourth-order valence-electron chi connectivity index (χ4n) is 1.81. The van der Waals surface area contributed by atoms with Crippen LogP contribution in [0.25, 0.3) is 0 Å². The SMILES string of the molecule is O=C(O)C1Cc2cccnc2CN1C(=O)O. The van der Waals surface area contributed by atoms with Crippen LogP contribution < -0.4 is 0 Å². The summed E-state index contributed by atoms with van der Waals surface area (Å²) in [7, 11) is 0. The van der Waals surface area contributed by atoms with E-state index < -0.39 is 18.1 Å². The highest BCUT2D eigenvalue weighted by Gasteiger charge is 2.34. The number of aromatic nitrogens is 1. The van der Waals surface area contributed by atoms with Crippen LogP contribution in [0.5, 0.6) is 0 Å². The van der Waals surface area contributed by atoms with Crippen LogP contribution in [0.15, 0.2) is 18.3 Å². The van der Waals surface area contributed by atoms with Gasteiger partial charge in [-0.05, 0) is 11.6 Å². The van der Waals surface area contributed by atoms with Crippen LogP contribution in [-0.2, 0) is 17.8 Å². The molecule has 84 valence electrons. The van der Waals surface area contributed by atoms with Crippen LogP contribution in [0.3, 0.4) is 0 Å². The summed E-state index contributed by atoms with van der Waals surface area (Å²) in [5, 5.41) is 17.9. The lowest BCUT2D eigenvalue weighted by atomic mass is 9.98. The second kappa shape index (κ2) is 3.80. The van der Waals surface area contributed by atoms with E-state index in [4.69, 9.17) is 10.2 Å². The van der Waals surface area contributed by atoms with E-state index in [1.807, 2.05) is 0 Å². The number of fused-ring (bicyclic) bond motifs is 1. The molecule has 0 saturated carbocycles. The van der Waals surface area contributed by atoms with Gasteiger partial charge in [-0.15, -0.1) is 0 Å². The van der Waals surface area contributed by atoms with Crippen molar-refractivity contribution in [3.63, 3.8) is 0 Å². The molecule has 1 aliphatic heterocycles. The third kappa shape index (κ3) is 1.69. The van der Waals surface area contributed by atoms with Crippen LogP contribution in [0.1, 0.15) is 11.3 Å². The predicted octanol–water partition coefficient (Wildman–Crippen LogP) is 0.571. The Morgan fingerprint density at radius 1 is 1.44 bits per heavy atom. The number of rotatable bonds is 1. The number of carbonyl (C=O) groups is 2. The summed E-state index contributed by atoms with van der Waals surface area (Å²) < 4.78 is 0. The van der Waals surface area contributed by atoms with Crippen LogP contribution in [0.4, 0.5) is 4.79 Å². The van der Waals surface area contributed by atoms with E-state index in [0.29, 0.717) is 5.69 Å². The number of amides is 1. The van der Waals surface area contributed by atoms with Crippen molar-refractivity contribution in [2.45, 2.75) is 19.0 Å². The monoisotopic (exact) mass is 222 g/mol. The molecule has 6 nitrogen and oxygen atoms in total. The molecule has 1 aromatic rings. The Bertz CT molecular complexity index is 405. The maximum Gasteiger partial charge on any atom is 0.408 e. The van der Waals surface area contributed by atoms with E-state index in [2.05, 4.69) is 4.98 Å². The average molecular weight is 222 g/mol. The van der Waals surface area contributed by atoms with Crippen molar-refractivity contribution < 1.29 is 19.8 Å². The molecule has 1 atom stereocenters. The molecular weight excluding hydrogens is 212 g/mol. The first-order chi connectivity index (χ1) is 7.59. The average Bonchev–Trinajstić information content (AvgIpc) is 2.27. The molecule has 0 aliphatic carbocycles. The van der Waals surface area contributed by atoms with E-state index in [1.54, 1.807) is 18.3 Å². The Labute approximate surface area is 91.1 Å². The van der Waals surface area contributed by atoms with Crippen molar-refractivity contribution in [3.05, 3.63) is 29.6 Å². The van der Waals surface area contributed by atoms with Crippen molar-refractivity contribution in [3.8, 4) is 0 Å². The van der Waals surface area contributed by atoms with Crippen molar-refractivity contribution in [1.82, 2.24) is 9.88 Å². The normalized spacial score (nSPS) is 19.0. The summed E-state index contributed by atoms with van der Waals surface area (Å²) in [6.45, 7) is 0.0302. The molecule has 0 saturated heterocycles. The first-order valence-corrected chi connectivity index (χ1v) is 4.74. The smallest absolute Gasteiger partial charge is 0.408 e. The summed E-state index contributed by atoms with van der Waals surface area (Å²) >= 11 is 0. The quantitative estimate of drug-likeness (QED) is 0.724. The van der Waals surface area contributed by atoms with Crippen molar-refractivity contribution in [2.24, 2.45) is 0 Å². The van der Waals surface area contributed by atoms with Crippen molar-refractivity contribution in [1.29, 1.82) is 0 Å². The standard InChI is InChI=1S/C10H10N2O4/c13-9(14)8-4-6-2-1-3-11-7(6)5-12(8)10(15)16/h1-3,8H,4-5H2,(H,13,14)(H,15,16). The molecule has 0 aromatic carbocycles. The minimum Gasteiger partial charge on any atom is -0.480 e. The number of carboxylic acid groups (broad SMARTS) is 2. The highest BCUT2D eigenvalue weighted by Crippen LogP contribution is 2.21. The third-order valence-electron chi connectivity index (χ3n) is 2.62. The molecule has 0 spiro atoms. The van der Waals surface area contributed by atoms with Gasteiger partial charge >= 0.3 is 12.1 Å². The molecule has 0 radical (unpaired) electrons. The van der Waals surface area contributed by atoms with Gasteiger partial charge in [0.2, 0.25) is 0 Å². The maximum atomic E-state index is 11.0. The zero-order chi connectivity index (χ0) is 11.7. The predicted molar refractivity (Wildman–Crippen MR) is 52.9 cm³/mol. The Hall–Kier alpha value is -2.11. The van der Waals surface area contributed by atoms with E-state index in [1.165, 1.54) is 0 Å². The zero-order valence-electron chi connectivity index (χ0n) is 8.33. The number of pyridine rings is 1. The van der Waals surface area contributed by atoms with Crippen LogP contribution in [0, 0.1) is 0 Å². The molecular formula is C10H10N2O4. The molecule has 1 aliphatic rings. The molecule has 16 heavy (non-hydrogen) atoms. The molecule has 0 fully saturated rings. The van der Waals surface area contributed by atoms with Crippen LogP contribution in [-0.4, -0.2) is 38.2 Å². The van der Waals surface area contributed by atoms with E-state index in [9.17, 15) is 9.59 Å². The summed E-state index contributed by atoms with van der Waals surface area (Å²) in [6, 6.07) is 2.47. The first-order valence-electron chi connectivity index (χ1n) is 4.74. The zero-order valence-corrected chi connectivity index (χ0v) is 8.33. The number of hydrogen-bond donors (Lipinski definition) is 2. The Morgan fingerprint density at radius 2 is 2.19 bits per heavy atom. The van der Waals surface area contributed by atoms with Gasteiger partial charge < -0.3 is 10.2 Å². The maximum absolute atomic E-state index is 11.0. The Balaban J connectivity index is 2.37. The van der Waals surface area contributed by atoms with Gasteiger partial charge in [-0.3, -0.25) is 9.88 Å². The fourth-order valence-corrected chi connectivity index (χ4v) is 1.81. The third-order valence-corrected chi connectivity index (χ3v) is 2.62. The van der Waals surface area contributed by atoms with Crippen molar-refractivity contribution in [2.75, 3.05) is 0 Å². The van der Waals surface area contributed by atoms with Crippen LogP contribution in [0.2, 0.25) is 0 Å². The van der Waals surface area contributed by atoms with Gasteiger partial charge in [0.05, 0.1) is 12.2 Å². The molecule has 1 aromatic heterocycles. The second-order valence-electron chi connectivity index (χ2n) is 3.58. The molecule has 1 amide bonds. The van der Waals surface area contributed by atoms with Gasteiger partial charge in [0.15, 0.2) is 0 Å². The summed E-state index contributed by atoms with van der Waals surface area (Å²) in [5.41, 5.74) is 1.43. The topological polar surface area (TPSA) is 90.7 Å². The highest BCUT2D eigenvalue weighted by molar-refractivity contribution is 5.80. The second-order valence-corrected chi connectivity index (χ2v) is 3.58. The van der Waals surface area contributed by atoms with Gasteiger partial charge in [0, 0.05) is 12.6 Å². The Kier molecular flexibility index (Phi) is 2.47. The van der Waals surface area contributed by atoms with Gasteiger partial charge in [-0.2, -0.15) is 0 Å². The number of nitrogens with zero attached hydrogens (tertiary/aromatic N) is 2. The molecule has 1 unspecified atom stereocenters. The lowest BCUT2D eigenvalue weighted by Crippen LogP contribution is -2.48. The molecule has 2 N–H and O–H groups in total. The highest BCUT2D eigenvalue weighted by atomic mass is 16.4. The summed E-state index contributed by atoms with van der Waals surface area (Å²) in [4.78, 5) is 26.8. The lowest BCUT2D eigenvalue weighted by molar-refractivity contribution is -0.143. The molecule has 6 heteroatoms. The molecule has 0 bridgehead atoms. The van der Waals surface area contributed by atoms with Gasteiger partial charge in [-0.25, -0.2) is 9.59 Å². The molecule has 2 heterocycles. The first kappa shape index (κ1) is 10.4. The summed E-state index contributed by atoms with van der Waals surface area (Å²) in [6.07, 6.45) is 0.508. The van der Waals surface area contributed by atoms with Gasteiger partial charge in [0.1, 0.15) is 6.04 Å². The van der Waals surface area contributed by atoms with Gasteiger partial charge in [-0.1, -0.05) is 6.07 Å². The number of carboxylic acids is 1. The minimum absolute atomic E-state index is 0.0302. The number of hydrogen-bond acceptors (Lipinski definition) is 3. The van der Waals surface area contributed by atoms with E-state index in [0.717, 1.165) is 10.5 Å². The van der Waals surface area contributed by atoms with E-state index >= 15 is 0 Å². The van der Waals surface area contributed by atoms with Crippen LogP contribution >= 0.6 is 0 Å². The fraction of sp³-hybridized carbons (Fsp3) is 0.300. The Morgan fingerprint density at radius 3 is 2.81 bits per heavy atom. The van der Waals surface area contributed by atoms with Crippen molar-refractivity contribution >= 4 is 12.1 Å². The minimum atomic E-state index is -1.23. The van der Waals surface area contributed by atoms with E-state index in [-0.39, 0.29) is 13.0 Å². The largest absolute Gasteiger partial charge is 0.480 e. The van der Waals surface area contributed by atoms with Gasteiger partial charge in [0.25, 0.3) is 0 Å². The number of aliphatic carboxylic acids is 1. The lowest BCUT2D eigenvalue weighted by Gasteiger charge is -2.31. The molecule has 2 rings (SSSR count).